The second kappa shape index (κ2) is 6.00. The first-order valence-corrected chi connectivity index (χ1v) is 6.35. The number of esters is 1. The minimum absolute atomic E-state index is 0.0615. The van der Waals surface area contributed by atoms with E-state index in [1.54, 1.807) is 4.90 Å². The molecule has 0 aromatic rings. The maximum Gasteiger partial charge on any atom is 0.336 e. The molecule has 1 aliphatic carbocycles. The lowest BCUT2D eigenvalue weighted by atomic mass is 9.93. The van der Waals surface area contributed by atoms with Crippen LogP contribution in [0.4, 0.5) is 0 Å². The van der Waals surface area contributed by atoms with Gasteiger partial charge < -0.3 is 14.4 Å². The molecule has 1 aliphatic heterocycles. The Morgan fingerprint density at radius 3 is 2.89 bits per heavy atom. The highest BCUT2D eigenvalue weighted by molar-refractivity contribution is 5.81. The molecule has 5 heteroatoms. The number of carbonyl (C=O) groups is 2. The third-order valence-electron chi connectivity index (χ3n) is 3.46. The number of hydrogen-bond acceptors (Lipinski definition) is 4. The summed E-state index contributed by atoms with van der Waals surface area (Å²) in [6.45, 7) is 1.27. The quantitative estimate of drug-likeness (QED) is 0.538. The number of amides is 1. The molecule has 0 saturated carbocycles. The number of ether oxygens (including phenoxy) is 2. The Balaban J connectivity index is 1.93. The number of morpholine rings is 1. The van der Waals surface area contributed by atoms with E-state index in [0.29, 0.717) is 19.7 Å². The van der Waals surface area contributed by atoms with Crippen LogP contribution in [0.2, 0.25) is 0 Å². The Morgan fingerprint density at radius 1 is 1.39 bits per heavy atom. The topological polar surface area (TPSA) is 55.8 Å². The monoisotopic (exact) mass is 253 g/mol. The minimum atomic E-state index is -0.633. The molecule has 18 heavy (non-hydrogen) atoms. The van der Waals surface area contributed by atoms with Gasteiger partial charge in [0.2, 0.25) is 5.91 Å². The molecule has 0 spiro atoms. The molecular weight excluding hydrogens is 234 g/mol. The summed E-state index contributed by atoms with van der Waals surface area (Å²) in [6.07, 6.45) is 6.20. The van der Waals surface area contributed by atoms with Crippen LogP contribution in [0.25, 0.3) is 0 Å². The largest absolute Gasteiger partial charge is 0.467 e. The third kappa shape index (κ3) is 2.90. The minimum Gasteiger partial charge on any atom is -0.467 e. The molecule has 0 aromatic carbocycles. The average Bonchev–Trinajstić information content (AvgIpc) is 2.46. The zero-order chi connectivity index (χ0) is 13.0. The zero-order valence-corrected chi connectivity index (χ0v) is 10.6. The van der Waals surface area contributed by atoms with E-state index >= 15 is 0 Å². The van der Waals surface area contributed by atoms with Crippen LogP contribution < -0.4 is 0 Å². The van der Waals surface area contributed by atoms with Crippen LogP contribution in [0.1, 0.15) is 19.3 Å². The molecule has 0 aromatic heterocycles. The van der Waals surface area contributed by atoms with Crippen LogP contribution in [0.3, 0.4) is 0 Å². The molecule has 2 unspecified atom stereocenters. The van der Waals surface area contributed by atoms with E-state index in [0.717, 1.165) is 19.3 Å². The third-order valence-corrected chi connectivity index (χ3v) is 3.46. The van der Waals surface area contributed by atoms with Crippen molar-refractivity contribution in [1.29, 1.82) is 0 Å². The summed E-state index contributed by atoms with van der Waals surface area (Å²) in [5.41, 5.74) is 0. The second-order valence-electron chi connectivity index (χ2n) is 4.65. The van der Waals surface area contributed by atoms with E-state index < -0.39 is 12.1 Å². The fourth-order valence-electron chi connectivity index (χ4n) is 2.40. The van der Waals surface area contributed by atoms with Crippen molar-refractivity contribution in [2.24, 2.45) is 5.92 Å². The van der Waals surface area contributed by atoms with Gasteiger partial charge in [-0.05, 0) is 19.3 Å². The number of carbonyl (C=O) groups excluding carboxylic acids is 2. The van der Waals surface area contributed by atoms with Gasteiger partial charge in [-0.2, -0.15) is 0 Å². The maximum absolute atomic E-state index is 12.3. The van der Waals surface area contributed by atoms with Gasteiger partial charge in [-0.1, -0.05) is 12.2 Å². The number of methoxy groups -OCH3 is 1. The van der Waals surface area contributed by atoms with Crippen LogP contribution in [-0.4, -0.2) is 49.7 Å². The van der Waals surface area contributed by atoms with Crippen LogP contribution in [0.5, 0.6) is 0 Å². The molecule has 2 aliphatic rings. The highest BCUT2D eigenvalue weighted by Crippen LogP contribution is 2.21. The summed E-state index contributed by atoms with van der Waals surface area (Å²) in [4.78, 5) is 25.4. The van der Waals surface area contributed by atoms with E-state index in [9.17, 15) is 9.59 Å². The van der Waals surface area contributed by atoms with Crippen LogP contribution in [-0.2, 0) is 19.1 Å². The Morgan fingerprint density at radius 2 is 2.22 bits per heavy atom. The van der Waals surface area contributed by atoms with Gasteiger partial charge in [-0.15, -0.1) is 0 Å². The van der Waals surface area contributed by atoms with Crippen molar-refractivity contribution >= 4 is 11.9 Å². The molecule has 0 N–H and O–H groups in total. The van der Waals surface area contributed by atoms with Crippen molar-refractivity contribution in [2.75, 3.05) is 26.8 Å². The predicted octanol–water partition coefficient (Wildman–Crippen LogP) is 0.743. The lowest BCUT2D eigenvalue weighted by Gasteiger charge is -2.34. The summed E-state index contributed by atoms with van der Waals surface area (Å²) in [6, 6.07) is 0. The van der Waals surface area contributed by atoms with Crippen LogP contribution in [0, 0.1) is 5.92 Å². The molecule has 1 amide bonds. The fourth-order valence-corrected chi connectivity index (χ4v) is 2.40. The van der Waals surface area contributed by atoms with E-state index in [1.807, 2.05) is 0 Å². The highest BCUT2D eigenvalue weighted by atomic mass is 16.6. The van der Waals surface area contributed by atoms with Gasteiger partial charge in [0, 0.05) is 12.5 Å². The molecule has 0 bridgehead atoms. The van der Waals surface area contributed by atoms with Crippen molar-refractivity contribution in [3.63, 3.8) is 0 Å². The Kier molecular flexibility index (Phi) is 4.36. The lowest BCUT2D eigenvalue weighted by molar-refractivity contribution is -0.163. The predicted molar refractivity (Wildman–Crippen MR) is 64.8 cm³/mol. The van der Waals surface area contributed by atoms with Crippen molar-refractivity contribution < 1.29 is 19.1 Å². The van der Waals surface area contributed by atoms with Crippen LogP contribution >= 0.6 is 0 Å². The number of allylic oxidation sites excluding steroid dienone is 2. The summed E-state index contributed by atoms with van der Waals surface area (Å²) in [7, 11) is 1.33. The molecule has 2 atom stereocenters. The van der Waals surface area contributed by atoms with Crippen molar-refractivity contribution in [1.82, 2.24) is 4.90 Å². The van der Waals surface area contributed by atoms with Gasteiger partial charge in [0.1, 0.15) is 0 Å². The first-order chi connectivity index (χ1) is 8.72. The zero-order valence-electron chi connectivity index (χ0n) is 10.6. The number of nitrogens with zero attached hydrogens (tertiary/aromatic N) is 1. The van der Waals surface area contributed by atoms with Gasteiger partial charge in [0.05, 0.1) is 20.3 Å². The number of hydrogen-bond donors (Lipinski definition) is 0. The molecule has 1 fully saturated rings. The van der Waals surface area contributed by atoms with Gasteiger partial charge in [0.25, 0.3) is 0 Å². The first-order valence-electron chi connectivity index (χ1n) is 6.35. The lowest BCUT2D eigenvalue weighted by Crippen LogP contribution is -2.50. The Labute approximate surface area is 107 Å². The summed E-state index contributed by atoms with van der Waals surface area (Å²) >= 11 is 0. The SMILES string of the molecule is COC(=O)C1CN(C(=O)C2CC=CCC2)CCO1. The molecule has 1 heterocycles. The van der Waals surface area contributed by atoms with E-state index in [2.05, 4.69) is 16.9 Å². The summed E-state index contributed by atoms with van der Waals surface area (Å²) in [5.74, 6) is -0.209. The molecule has 5 nitrogen and oxygen atoms in total. The summed E-state index contributed by atoms with van der Waals surface area (Å²) in [5, 5.41) is 0. The normalized spacial score (nSPS) is 27.9. The van der Waals surface area contributed by atoms with Gasteiger partial charge >= 0.3 is 5.97 Å². The van der Waals surface area contributed by atoms with E-state index in [4.69, 9.17) is 4.74 Å². The Hall–Kier alpha value is -1.36. The molecular formula is C13H19NO4. The standard InChI is InChI=1S/C13H19NO4/c1-17-13(16)11-9-14(7-8-18-11)12(15)10-5-3-2-4-6-10/h2-3,10-11H,4-9H2,1H3. The van der Waals surface area contributed by atoms with Gasteiger partial charge in [-0.3, -0.25) is 4.79 Å². The van der Waals surface area contributed by atoms with E-state index in [-0.39, 0.29) is 11.8 Å². The molecule has 0 radical (unpaired) electrons. The Bertz CT molecular complexity index is 353. The second-order valence-corrected chi connectivity index (χ2v) is 4.65. The van der Waals surface area contributed by atoms with Crippen molar-refractivity contribution in [3.8, 4) is 0 Å². The summed E-state index contributed by atoms with van der Waals surface area (Å²) < 4.78 is 9.97. The fraction of sp³-hybridized carbons (Fsp3) is 0.692. The molecule has 100 valence electrons. The van der Waals surface area contributed by atoms with E-state index in [1.165, 1.54) is 7.11 Å². The van der Waals surface area contributed by atoms with Gasteiger partial charge in [-0.25, -0.2) is 4.79 Å². The molecule has 1 saturated heterocycles. The smallest absolute Gasteiger partial charge is 0.336 e. The number of rotatable bonds is 2. The van der Waals surface area contributed by atoms with Crippen molar-refractivity contribution in [3.05, 3.63) is 12.2 Å². The molecule has 2 rings (SSSR count). The van der Waals surface area contributed by atoms with Gasteiger partial charge in [0.15, 0.2) is 6.10 Å². The maximum atomic E-state index is 12.3. The highest BCUT2D eigenvalue weighted by Gasteiger charge is 2.32. The van der Waals surface area contributed by atoms with Crippen molar-refractivity contribution in [2.45, 2.75) is 25.4 Å². The van der Waals surface area contributed by atoms with Crippen LogP contribution in [0.15, 0.2) is 12.2 Å². The average molecular weight is 253 g/mol. The first kappa shape index (κ1) is 13.1.